The van der Waals surface area contributed by atoms with E-state index in [0.29, 0.717) is 0 Å². The van der Waals surface area contributed by atoms with Crippen molar-refractivity contribution in [3.8, 4) is 17.0 Å². The summed E-state index contributed by atoms with van der Waals surface area (Å²) in [7, 11) is 0. The van der Waals surface area contributed by atoms with Gasteiger partial charge in [0.1, 0.15) is 5.56 Å². The molecule has 0 aliphatic heterocycles. The van der Waals surface area contributed by atoms with E-state index in [4.69, 9.17) is 12.2 Å². The Labute approximate surface area is 124 Å². The highest BCUT2D eigenvalue weighted by atomic mass is 32.1. The average Bonchev–Trinajstić information content (AvgIpc) is 2.80. The Hall–Kier alpha value is -3.28. The lowest BCUT2D eigenvalue weighted by molar-refractivity contribution is -0.783. The van der Waals surface area contributed by atoms with Gasteiger partial charge in [-0.3, -0.25) is 24.5 Å². The first-order valence-corrected chi connectivity index (χ1v) is 6.03. The van der Waals surface area contributed by atoms with Crippen LogP contribution in [0.25, 0.3) is 22.2 Å². The second-order valence-corrected chi connectivity index (χ2v) is 4.56. The van der Waals surface area contributed by atoms with E-state index in [1.165, 1.54) is 6.07 Å². The Morgan fingerprint density at radius 3 is 2.77 bits per heavy atom. The predicted octanol–water partition coefficient (Wildman–Crippen LogP) is 0.488. The molecule has 22 heavy (non-hydrogen) atoms. The molecule has 0 aliphatic carbocycles. The first-order valence-electron chi connectivity index (χ1n) is 5.63. The van der Waals surface area contributed by atoms with Gasteiger partial charge in [0.25, 0.3) is 11.1 Å². The zero-order valence-corrected chi connectivity index (χ0v) is 11.2. The number of fused-ring (bicyclic) bond motifs is 1. The number of nitrogens with one attached hydrogen (secondary N) is 2. The highest BCUT2D eigenvalue weighted by Gasteiger charge is 2.28. The van der Waals surface area contributed by atoms with E-state index in [1.807, 2.05) is 0 Å². The number of H-pyrrole nitrogens is 2. The Morgan fingerprint density at radius 2 is 2.14 bits per heavy atom. The molecular weight excluding hydrogens is 318 g/mol. The number of hydrogen-bond donors (Lipinski definition) is 3. The van der Waals surface area contributed by atoms with Crippen molar-refractivity contribution in [1.82, 2.24) is 15.1 Å². The molecule has 0 spiro atoms. The molecule has 0 fully saturated rings. The summed E-state index contributed by atoms with van der Waals surface area (Å²) < 4.78 is 4.25. The Balaban J connectivity index is 2.45. The van der Waals surface area contributed by atoms with Gasteiger partial charge >= 0.3 is 11.2 Å². The fourth-order valence-corrected chi connectivity index (χ4v) is 2.22. The van der Waals surface area contributed by atoms with E-state index in [1.54, 1.807) is 0 Å². The number of rotatable bonds is 2. The number of nitrogens with zero attached hydrogens (tertiary/aromatic N) is 3. The number of non-ortho nitro benzene ring substituents is 1. The average molecular weight is 323 g/mol. The van der Waals surface area contributed by atoms with Crippen LogP contribution in [0.15, 0.2) is 21.6 Å². The van der Waals surface area contributed by atoms with E-state index in [0.717, 1.165) is 6.07 Å². The summed E-state index contributed by atoms with van der Waals surface area (Å²) >= 11 is 4.70. The van der Waals surface area contributed by atoms with Crippen molar-refractivity contribution in [3.63, 3.8) is 0 Å². The lowest BCUT2D eigenvalue weighted by Crippen LogP contribution is -2.23. The quantitative estimate of drug-likeness (QED) is 0.265. The largest absolute Gasteiger partial charge is 0.494 e. The van der Waals surface area contributed by atoms with Gasteiger partial charge in [0.15, 0.2) is 4.77 Å². The third-order valence-electron chi connectivity index (χ3n) is 2.91. The highest BCUT2D eigenvalue weighted by Crippen LogP contribution is 2.32. The minimum absolute atomic E-state index is 0.0241. The Kier molecular flexibility index (Phi) is 2.88. The standard InChI is InChI=1S/C10H5N5O6S/c16-8-5(9(17)12-10(22)11-8)3-1-2-4(14(18)19)7-6(3)13-21-15(7)20/h1-2H,(H3,11,12,16,17,22). The van der Waals surface area contributed by atoms with Gasteiger partial charge in [-0.05, 0) is 23.2 Å². The van der Waals surface area contributed by atoms with Crippen LogP contribution in [-0.2, 0) is 0 Å². The number of benzene rings is 1. The second kappa shape index (κ2) is 4.63. The number of aromatic nitrogens is 4. The van der Waals surface area contributed by atoms with Gasteiger partial charge in [0.2, 0.25) is 5.88 Å². The normalized spacial score (nSPS) is 10.9. The summed E-state index contributed by atoms with van der Waals surface area (Å²) in [6, 6.07) is 2.17. The lowest BCUT2D eigenvalue weighted by Gasteiger charge is -2.02. The molecule has 1 aromatic carbocycles. The Morgan fingerprint density at radius 1 is 1.41 bits per heavy atom. The molecule has 3 rings (SSSR count). The van der Waals surface area contributed by atoms with Crippen LogP contribution in [0.2, 0.25) is 0 Å². The molecule has 3 aromatic rings. The molecule has 2 heterocycles. The molecule has 0 aliphatic rings. The number of hydrogen-bond acceptors (Lipinski definition) is 8. The zero-order chi connectivity index (χ0) is 16.0. The molecule has 0 bridgehead atoms. The van der Waals surface area contributed by atoms with Gasteiger partial charge in [-0.2, -0.15) is 0 Å². The first kappa shape index (κ1) is 13.7. The smallest absolute Gasteiger partial charge is 0.324 e. The molecule has 0 saturated carbocycles. The Bertz CT molecular complexity index is 1030. The highest BCUT2D eigenvalue weighted by molar-refractivity contribution is 7.71. The van der Waals surface area contributed by atoms with Gasteiger partial charge in [-0.25, -0.2) is 0 Å². The summed E-state index contributed by atoms with van der Waals surface area (Å²) in [5.74, 6) is -0.565. The molecule has 0 amide bonds. The molecule has 11 nitrogen and oxygen atoms in total. The summed E-state index contributed by atoms with van der Waals surface area (Å²) in [6.45, 7) is 0. The molecule has 12 heteroatoms. The van der Waals surface area contributed by atoms with Gasteiger partial charge in [-0.15, -0.1) is 0 Å². The van der Waals surface area contributed by atoms with Crippen molar-refractivity contribution >= 4 is 28.9 Å². The topological polar surface area (TPSA) is 165 Å². The van der Waals surface area contributed by atoms with Crippen molar-refractivity contribution in [3.05, 3.63) is 42.6 Å². The van der Waals surface area contributed by atoms with Crippen molar-refractivity contribution in [2.24, 2.45) is 0 Å². The third-order valence-corrected chi connectivity index (χ3v) is 3.11. The van der Waals surface area contributed by atoms with E-state index < -0.39 is 27.6 Å². The number of aromatic hydroxyl groups is 1. The molecule has 112 valence electrons. The maximum Gasteiger partial charge on any atom is 0.324 e. The zero-order valence-electron chi connectivity index (χ0n) is 10.4. The summed E-state index contributed by atoms with van der Waals surface area (Å²) in [4.78, 5) is 26.5. The van der Waals surface area contributed by atoms with Crippen LogP contribution >= 0.6 is 12.2 Å². The molecule has 0 unspecified atom stereocenters. The van der Waals surface area contributed by atoms with Crippen molar-refractivity contribution < 1.29 is 19.6 Å². The molecular formula is C10H5N5O6S. The monoisotopic (exact) mass is 323 g/mol. The van der Waals surface area contributed by atoms with Gasteiger partial charge in [-0.1, -0.05) is 0 Å². The minimum atomic E-state index is -0.791. The SMILES string of the molecule is O=c1[nH]c(=S)[nH]c(O)c1-c1ccc([N+](=O)[O-])c2c1no[n+]2[O-]. The van der Waals surface area contributed by atoms with Crippen LogP contribution in [0.1, 0.15) is 0 Å². The predicted molar refractivity (Wildman–Crippen MR) is 72.5 cm³/mol. The van der Waals surface area contributed by atoms with E-state index in [2.05, 4.69) is 19.8 Å². The van der Waals surface area contributed by atoms with Gasteiger partial charge < -0.3 is 15.3 Å². The van der Waals surface area contributed by atoms with Crippen LogP contribution in [-0.4, -0.2) is 25.2 Å². The van der Waals surface area contributed by atoms with Crippen molar-refractivity contribution in [2.45, 2.75) is 0 Å². The van der Waals surface area contributed by atoms with Crippen molar-refractivity contribution in [2.75, 3.05) is 0 Å². The summed E-state index contributed by atoms with van der Waals surface area (Å²) in [5, 5.41) is 35.7. The minimum Gasteiger partial charge on any atom is -0.494 e. The molecule has 0 radical (unpaired) electrons. The summed E-state index contributed by atoms with van der Waals surface area (Å²) in [6.07, 6.45) is 0. The van der Waals surface area contributed by atoms with Crippen LogP contribution in [0, 0.1) is 20.1 Å². The number of aromatic amines is 2. The first-order chi connectivity index (χ1) is 10.4. The number of nitro benzene ring substituents is 1. The fraction of sp³-hybridized carbons (Fsp3) is 0. The van der Waals surface area contributed by atoms with E-state index in [-0.39, 0.29) is 26.3 Å². The third kappa shape index (κ3) is 1.89. The molecule has 2 aromatic heterocycles. The number of nitro groups is 1. The van der Waals surface area contributed by atoms with Crippen LogP contribution < -0.4 is 10.5 Å². The molecule has 0 saturated heterocycles. The lowest BCUT2D eigenvalue weighted by atomic mass is 10.1. The van der Waals surface area contributed by atoms with E-state index >= 15 is 0 Å². The van der Waals surface area contributed by atoms with E-state index in [9.17, 15) is 25.2 Å². The van der Waals surface area contributed by atoms with Gasteiger partial charge in [0, 0.05) is 11.2 Å². The van der Waals surface area contributed by atoms with Gasteiger partial charge in [0.05, 0.1) is 10.5 Å². The maximum atomic E-state index is 12.0. The maximum absolute atomic E-state index is 12.0. The fourth-order valence-electron chi connectivity index (χ4n) is 2.03. The molecule has 3 N–H and O–H groups in total. The second-order valence-electron chi connectivity index (χ2n) is 4.15. The summed E-state index contributed by atoms with van der Waals surface area (Å²) in [5.41, 5.74) is -2.31. The van der Waals surface area contributed by atoms with Crippen LogP contribution in [0.3, 0.4) is 0 Å². The molecule has 0 atom stereocenters. The van der Waals surface area contributed by atoms with Crippen LogP contribution in [0.4, 0.5) is 5.69 Å². The van der Waals surface area contributed by atoms with Crippen LogP contribution in [0.5, 0.6) is 5.88 Å². The van der Waals surface area contributed by atoms with Crippen molar-refractivity contribution in [1.29, 1.82) is 0 Å².